The first-order valence-corrected chi connectivity index (χ1v) is 5.39. The molecular formula is C12H21N2. The van der Waals surface area contributed by atoms with Gasteiger partial charge in [0, 0.05) is 45.7 Å². The van der Waals surface area contributed by atoms with Crippen molar-refractivity contribution in [2.45, 2.75) is 20.3 Å². The van der Waals surface area contributed by atoms with Gasteiger partial charge in [0.2, 0.25) is 0 Å². The topological polar surface area (TPSA) is 6.48 Å². The van der Waals surface area contributed by atoms with Crippen LogP contribution in [0.4, 0.5) is 0 Å². The van der Waals surface area contributed by atoms with Gasteiger partial charge in [-0.15, -0.1) is 12.3 Å². The summed E-state index contributed by atoms with van der Waals surface area (Å²) in [6.07, 6.45) is 6.14. The van der Waals surface area contributed by atoms with Crippen molar-refractivity contribution in [1.29, 1.82) is 0 Å². The van der Waals surface area contributed by atoms with Crippen molar-refractivity contribution in [3.8, 4) is 12.3 Å². The van der Waals surface area contributed by atoms with E-state index < -0.39 is 0 Å². The number of piperazine rings is 1. The van der Waals surface area contributed by atoms with Crippen LogP contribution < -0.4 is 0 Å². The summed E-state index contributed by atoms with van der Waals surface area (Å²) in [5.74, 6) is 4.20. The number of terminal acetylenes is 1. The Labute approximate surface area is 88.3 Å². The molecule has 0 spiro atoms. The normalized spacial score (nSPS) is 19.9. The fourth-order valence-corrected chi connectivity index (χ4v) is 1.84. The van der Waals surface area contributed by atoms with Crippen molar-refractivity contribution < 1.29 is 0 Å². The average molecular weight is 193 g/mol. The fraction of sp³-hybridized carbons (Fsp3) is 0.750. The SMILES string of the molecule is C#CCCN1CCN(C[C](C)C)CC1. The van der Waals surface area contributed by atoms with Gasteiger partial charge in [-0.05, 0) is 5.92 Å². The molecule has 1 rings (SSSR count). The van der Waals surface area contributed by atoms with Crippen molar-refractivity contribution in [1.82, 2.24) is 9.80 Å². The van der Waals surface area contributed by atoms with Gasteiger partial charge in [0.15, 0.2) is 0 Å². The molecule has 0 aliphatic carbocycles. The number of hydrogen-bond donors (Lipinski definition) is 0. The molecule has 0 aromatic heterocycles. The second kappa shape index (κ2) is 6.06. The number of rotatable bonds is 4. The van der Waals surface area contributed by atoms with Gasteiger partial charge in [-0.2, -0.15) is 0 Å². The molecule has 0 aromatic rings. The van der Waals surface area contributed by atoms with Gasteiger partial charge in [0.05, 0.1) is 0 Å². The van der Waals surface area contributed by atoms with Crippen LogP contribution in [0.5, 0.6) is 0 Å². The highest BCUT2D eigenvalue weighted by Gasteiger charge is 2.16. The first-order valence-electron chi connectivity index (χ1n) is 5.39. The van der Waals surface area contributed by atoms with Gasteiger partial charge >= 0.3 is 0 Å². The van der Waals surface area contributed by atoms with E-state index in [1.54, 1.807) is 0 Å². The van der Waals surface area contributed by atoms with E-state index in [4.69, 9.17) is 6.42 Å². The van der Waals surface area contributed by atoms with Gasteiger partial charge < -0.3 is 4.90 Å². The lowest BCUT2D eigenvalue weighted by Crippen LogP contribution is -2.47. The molecule has 1 saturated heterocycles. The summed E-state index contributed by atoms with van der Waals surface area (Å²) in [6, 6.07) is 0. The van der Waals surface area contributed by atoms with E-state index in [2.05, 4.69) is 29.6 Å². The van der Waals surface area contributed by atoms with Gasteiger partial charge in [0.1, 0.15) is 0 Å². The first kappa shape index (κ1) is 11.6. The fourth-order valence-electron chi connectivity index (χ4n) is 1.84. The Balaban J connectivity index is 2.15. The van der Waals surface area contributed by atoms with Crippen LogP contribution in [0.2, 0.25) is 0 Å². The maximum Gasteiger partial charge on any atom is 0.0214 e. The minimum Gasteiger partial charge on any atom is -0.300 e. The minimum atomic E-state index is 0.888. The van der Waals surface area contributed by atoms with Crippen LogP contribution in [0, 0.1) is 18.3 Å². The summed E-state index contributed by atoms with van der Waals surface area (Å²) in [7, 11) is 0. The Kier molecular flexibility index (Phi) is 5.00. The van der Waals surface area contributed by atoms with Gasteiger partial charge in [-0.25, -0.2) is 0 Å². The molecule has 1 aliphatic rings. The van der Waals surface area contributed by atoms with E-state index in [0.29, 0.717) is 0 Å². The van der Waals surface area contributed by atoms with Gasteiger partial charge in [0.25, 0.3) is 0 Å². The van der Waals surface area contributed by atoms with Crippen molar-refractivity contribution in [2.24, 2.45) is 0 Å². The van der Waals surface area contributed by atoms with Crippen LogP contribution in [0.3, 0.4) is 0 Å². The molecule has 0 saturated carbocycles. The minimum absolute atomic E-state index is 0.888. The molecule has 0 amide bonds. The zero-order chi connectivity index (χ0) is 10.4. The van der Waals surface area contributed by atoms with Crippen LogP contribution >= 0.6 is 0 Å². The highest BCUT2D eigenvalue weighted by molar-refractivity contribution is 4.87. The number of hydrogen-bond acceptors (Lipinski definition) is 2. The Bertz CT molecular complexity index is 185. The standard InChI is InChI=1S/C12H21N2/c1-4-5-6-13-7-9-14(10-8-13)11-12(2)3/h1H,5-11H2,2-3H3. The summed E-state index contributed by atoms with van der Waals surface area (Å²) in [6.45, 7) is 11.4. The summed E-state index contributed by atoms with van der Waals surface area (Å²) in [5, 5.41) is 0. The van der Waals surface area contributed by atoms with E-state index in [-0.39, 0.29) is 0 Å². The van der Waals surface area contributed by atoms with Gasteiger partial charge in [-0.1, -0.05) is 13.8 Å². The Morgan fingerprint density at radius 2 is 1.71 bits per heavy atom. The molecule has 1 heterocycles. The largest absolute Gasteiger partial charge is 0.300 e. The second-order valence-electron chi connectivity index (χ2n) is 4.28. The molecule has 14 heavy (non-hydrogen) atoms. The molecular weight excluding hydrogens is 172 g/mol. The molecule has 0 N–H and O–H groups in total. The molecule has 79 valence electrons. The predicted molar refractivity (Wildman–Crippen MR) is 60.9 cm³/mol. The van der Waals surface area contributed by atoms with Crippen LogP contribution in [0.1, 0.15) is 20.3 Å². The summed E-state index contributed by atoms with van der Waals surface area (Å²) in [4.78, 5) is 4.98. The smallest absolute Gasteiger partial charge is 0.0214 e. The third kappa shape index (κ3) is 4.13. The maximum absolute atomic E-state index is 5.25. The molecule has 2 nitrogen and oxygen atoms in total. The molecule has 0 unspecified atom stereocenters. The zero-order valence-electron chi connectivity index (χ0n) is 9.42. The monoisotopic (exact) mass is 193 g/mol. The van der Waals surface area contributed by atoms with Crippen LogP contribution in [-0.4, -0.2) is 49.1 Å². The van der Waals surface area contributed by atoms with Crippen molar-refractivity contribution in [3.05, 3.63) is 5.92 Å². The predicted octanol–water partition coefficient (Wildman–Crippen LogP) is 1.24. The Morgan fingerprint density at radius 1 is 1.14 bits per heavy atom. The molecule has 2 heteroatoms. The number of nitrogens with zero attached hydrogens (tertiary/aromatic N) is 2. The lowest BCUT2D eigenvalue weighted by atomic mass is 10.2. The van der Waals surface area contributed by atoms with Crippen LogP contribution in [0.15, 0.2) is 0 Å². The summed E-state index contributed by atoms with van der Waals surface area (Å²) < 4.78 is 0. The molecule has 1 radical (unpaired) electrons. The second-order valence-corrected chi connectivity index (χ2v) is 4.28. The Hall–Kier alpha value is -0.520. The molecule has 0 bridgehead atoms. The highest BCUT2D eigenvalue weighted by atomic mass is 15.3. The molecule has 0 aromatic carbocycles. The summed E-state index contributed by atoms with van der Waals surface area (Å²) in [5.41, 5.74) is 0. The van der Waals surface area contributed by atoms with E-state index in [1.807, 2.05) is 0 Å². The van der Waals surface area contributed by atoms with E-state index in [9.17, 15) is 0 Å². The van der Waals surface area contributed by atoms with E-state index >= 15 is 0 Å². The highest BCUT2D eigenvalue weighted by Crippen LogP contribution is 2.06. The third-order valence-electron chi connectivity index (χ3n) is 2.58. The molecule has 0 atom stereocenters. The maximum atomic E-state index is 5.25. The average Bonchev–Trinajstić information content (AvgIpc) is 2.16. The van der Waals surface area contributed by atoms with E-state index in [1.165, 1.54) is 32.1 Å². The molecule has 1 aliphatic heterocycles. The van der Waals surface area contributed by atoms with Crippen LogP contribution in [0.25, 0.3) is 0 Å². The van der Waals surface area contributed by atoms with E-state index in [0.717, 1.165) is 19.5 Å². The zero-order valence-corrected chi connectivity index (χ0v) is 9.42. The third-order valence-corrected chi connectivity index (χ3v) is 2.58. The molecule has 1 fully saturated rings. The lowest BCUT2D eigenvalue weighted by Gasteiger charge is -2.35. The van der Waals surface area contributed by atoms with Crippen LogP contribution in [-0.2, 0) is 0 Å². The lowest BCUT2D eigenvalue weighted by molar-refractivity contribution is 0.138. The quantitative estimate of drug-likeness (QED) is 0.620. The van der Waals surface area contributed by atoms with Gasteiger partial charge in [-0.3, -0.25) is 4.90 Å². The Morgan fingerprint density at radius 3 is 2.21 bits per heavy atom. The summed E-state index contributed by atoms with van der Waals surface area (Å²) >= 11 is 0. The van der Waals surface area contributed by atoms with Crippen molar-refractivity contribution in [3.63, 3.8) is 0 Å². The first-order chi connectivity index (χ1) is 6.72. The van der Waals surface area contributed by atoms with Crippen molar-refractivity contribution in [2.75, 3.05) is 39.3 Å². The van der Waals surface area contributed by atoms with Crippen molar-refractivity contribution >= 4 is 0 Å².